The number of hydrogen-bond donors (Lipinski definition) is 0. The third kappa shape index (κ3) is 4.20. The van der Waals surface area contributed by atoms with Crippen LogP contribution in [0.3, 0.4) is 0 Å². The van der Waals surface area contributed by atoms with Crippen molar-refractivity contribution >= 4 is 15.9 Å². The molecule has 0 nitrogen and oxygen atoms in total. The Morgan fingerprint density at radius 3 is 2.62 bits per heavy atom. The molecule has 0 fully saturated rings. The van der Waals surface area contributed by atoms with Gasteiger partial charge in [0.2, 0.25) is 0 Å². The van der Waals surface area contributed by atoms with Gasteiger partial charge in [0.25, 0.3) is 0 Å². The van der Waals surface area contributed by atoms with Crippen molar-refractivity contribution in [3.8, 4) is 0 Å². The van der Waals surface area contributed by atoms with E-state index in [2.05, 4.69) is 15.9 Å². The molecule has 0 saturated carbocycles. The van der Waals surface area contributed by atoms with E-state index in [-0.39, 0.29) is 17.6 Å². The van der Waals surface area contributed by atoms with Gasteiger partial charge in [0.05, 0.1) is 0 Å². The summed E-state index contributed by atoms with van der Waals surface area (Å²) in [6.45, 7) is 1.95. The summed E-state index contributed by atoms with van der Waals surface area (Å²) in [5.41, 5.74) is 0.499. The van der Waals surface area contributed by atoms with Crippen molar-refractivity contribution in [2.24, 2.45) is 0 Å². The smallest absolute Gasteiger partial charge is 0.126 e. The number of halogens is 3. The molecule has 0 aliphatic heterocycles. The van der Waals surface area contributed by atoms with Crippen LogP contribution in [0.4, 0.5) is 8.78 Å². The summed E-state index contributed by atoms with van der Waals surface area (Å²) in [4.78, 5) is 0. The lowest BCUT2D eigenvalue weighted by Gasteiger charge is -2.12. The topological polar surface area (TPSA) is 0 Å². The lowest BCUT2D eigenvalue weighted by molar-refractivity contribution is 0.540. The molecular weight excluding hydrogens is 274 g/mol. The zero-order chi connectivity index (χ0) is 12.0. The van der Waals surface area contributed by atoms with Gasteiger partial charge in [-0.05, 0) is 42.5 Å². The van der Waals surface area contributed by atoms with Crippen LogP contribution in [0, 0.1) is 11.6 Å². The molecule has 0 amide bonds. The fourth-order valence-corrected chi connectivity index (χ4v) is 2.17. The largest absolute Gasteiger partial charge is 0.207 e. The first-order valence-electron chi connectivity index (χ1n) is 5.66. The molecule has 0 N–H and O–H groups in total. The van der Waals surface area contributed by atoms with Crippen LogP contribution < -0.4 is 0 Å². The van der Waals surface area contributed by atoms with E-state index in [1.807, 2.05) is 6.92 Å². The number of benzene rings is 1. The van der Waals surface area contributed by atoms with Crippen molar-refractivity contribution in [2.75, 3.05) is 5.33 Å². The van der Waals surface area contributed by atoms with Gasteiger partial charge in [0.15, 0.2) is 0 Å². The normalized spacial score (nSPS) is 12.8. The van der Waals surface area contributed by atoms with Crippen molar-refractivity contribution < 1.29 is 8.78 Å². The number of rotatable bonds is 6. The predicted octanol–water partition coefficient (Wildman–Crippen LogP) is 5.02. The van der Waals surface area contributed by atoms with Crippen LogP contribution in [0.25, 0.3) is 0 Å². The van der Waals surface area contributed by atoms with Crippen LogP contribution in [0.5, 0.6) is 0 Å². The SMILES string of the molecule is CC(CCCCCBr)c1cc(F)ccc1F. The molecule has 16 heavy (non-hydrogen) atoms. The van der Waals surface area contributed by atoms with Crippen molar-refractivity contribution in [3.05, 3.63) is 35.4 Å². The van der Waals surface area contributed by atoms with E-state index in [1.165, 1.54) is 12.1 Å². The second kappa shape index (κ2) is 7.00. The summed E-state index contributed by atoms with van der Waals surface area (Å²) >= 11 is 3.37. The Bertz CT molecular complexity index is 326. The van der Waals surface area contributed by atoms with Gasteiger partial charge in [-0.2, -0.15) is 0 Å². The van der Waals surface area contributed by atoms with Crippen LogP contribution in [-0.2, 0) is 0 Å². The van der Waals surface area contributed by atoms with E-state index in [9.17, 15) is 8.78 Å². The molecule has 0 spiro atoms. The Hall–Kier alpha value is -0.440. The number of alkyl halides is 1. The first-order valence-corrected chi connectivity index (χ1v) is 6.78. The molecule has 90 valence electrons. The molecule has 3 heteroatoms. The number of hydrogen-bond acceptors (Lipinski definition) is 0. The minimum atomic E-state index is -0.358. The molecule has 0 radical (unpaired) electrons. The first kappa shape index (κ1) is 13.6. The monoisotopic (exact) mass is 290 g/mol. The third-order valence-electron chi connectivity index (χ3n) is 2.76. The highest BCUT2D eigenvalue weighted by Gasteiger charge is 2.11. The van der Waals surface area contributed by atoms with Crippen LogP contribution in [-0.4, -0.2) is 5.33 Å². The van der Waals surface area contributed by atoms with Gasteiger partial charge in [0, 0.05) is 5.33 Å². The molecule has 1 rings (SSSR count). The van der Waals surface area contributed by atoms with Crippen LogP contribution in [0.1, 0.15) is 44.1 Å². The quantitative estimate of drug-likeness (QED) is 0.509. The van der Waals surface area contributed by atoms with Gasteiger partial charge >= 0.3 is 0 Å². The molecular formula is C13H17BrF2. The van der Waals surface area contributed by atoms with Gasteiger partial charge in [0.1, 0.15) is 11.6 Å². The Kier molecular flexibility index (Phi) is 5.96. The highest BCUT2D eigenvalue weighted by atomic mass is 79.9. The lowest BCUT2D eigenvalue weighted by Crippen LogP contribution is -1.98. The maximum absolute atomic E-state index is 13.4. The summed E-state index contributed by atoms with van der Waals surface area (Å²) in [5, 5.41) is 1.01. The van der Waals surface area contributed by atoms with Gasteiger partial charge in [-0.3, -0.25) is 0 Å². The number of unbranched alkanes of at least 4 members (excludes halogenated alkanes) is 2. The molecule has 0 aromatic heterocycles. The van der Waals surface area contributed by atoms with Gasteiger partial charge in [-0.25, -0.2) is 8.78 Å². The van der Waals surface area contributed by atoms with Crippen LogP contribution >= 0.6 is 15.9 Å². The Labute approximate surface area is 104 Å². The van der Waals surface area contributed by atoms with Crippen molar-refractivity contribution in [3.63, 3.8) is 0 Å². The van der Waals surface area contributed by atoms with Gasteiger partial charge in [-0.15, -0.1) is 0 Å². The summed E-state index contributed by atoms with van der Waals surface area (Å²) in [7, 11) is 0. The Morgan fingerprint density at radius 2 is 1.94 bits per heavy atom. The van der Waals surface area contributed by atoms with Crippen LogP contribution in [0.2, 0.25) is 0 Å². The lowest BCUT2D eigenvalue weighted by atomic mass is 9.94. The minimum absolute atomic E-state index is 0.0889. The second-order valence-corrected chi connectivity index (χ2v) is 4.90. The van der Waals surface area contributed by atoms with Crippen molar-refractivity contribution in [2.45, 2.75) is 38.5 Å². The van der Waals surface area contributed by atoms with E-state index in [0.717, 1.165) is 37.1 Å². The Morgan fingerprint density at radius 1 is 1.19 bits per heavy atom. The van der Waals surface area contributed by atoms with Crippen molar-refractivity contribution in [1.29, 1.82) is 0 Å². The van der Waals surface area contributed by atoms with Crippen LogP contribution in [0.15, 0.2) is 18.2 Å². The summed E-state index contributed by atoms with van der Waals surface area (Å²) in [5.74, 6) is -0.566. The molecule has 0 bridgehead atoms. The van der Waals surface area contributed by atoms with E-state index in [4.69, 9.17) is 0 Å². The average Bonchev–Trinajstić information content (AvgIpc) is 2.27. The molecule has 1 atom stereocenters. The summed E-state index contributed by atoms with van der Waals surface area (Å²) in [6, 6.07) is 3.68. The van der Waals surface area contributed by atoms with E-state index >= 15 is 0 Å². The summed E-state index contributed by atoms with van der Waals surface area (Å²) in [6.07, 6.45) is 4.24. The molecule has 1 aromatic rings. The molecule has 0 aliphatic rings. The predicted molar refractivity (Wildman–Crippen MR) is 67.0 cm³/mol. The van der Waals surface area contributed by atoms with Gasteiger partial charge in [-0.1, -0.05) is 35.7 Å². The maximum Gasteiger partial charge on any atom is 0.126 e. The molecule has 1 unspecified atom stereocenters. The van der Waals surface area contributed by atoms with E-state index in [0.29, 0.717) is 5.56 Å². The molecule has 1 aromatic carbocycles. The zero-order valence-electron chi connectivity index (χ0n) is 9.48. The fourth-order valence-electron chi connectivity index (χ4n) is 1.77. The highest BCUT2D eigenvalue weighted by Crippen LogP contribution is 2.25. The van der Waals surface area contributed by atoms with Crippen molar-refractivity contribution in [1.82, 2.24) is 0 Å². The fraction of sp³-hybridized carbons (Fsp3) is 0.538. The molecule has 0 saturated heterocycles. The first-order chi connectivity index (χ1) is 7.65. The maximum atomic E-state index is 13.4. The summed E-state index contributed by atoms with van der Waals surface area (Å²) < 4.78 is 26.4. The third-order valence-corrected chi connectivity index (χ3v) is 3.32. The highest BCUT2D eigenvalue weighted by molar-refractivity contribution is 9.09. The standard InChI is InChI=1S/C13H17BrF2/c1-10(5-3-2-4-8-14)12-9-11(15)6-7-13(12)16/h6-7,9-10H,2-5,8H2,1H3. The molecule has 0 heterocycles. The Balaban J connectivity index is 2.51. The molecule has 0 aliphatic carbocycles. The van der Waals surface area contributed by atoms with E-state index in [1.54, 1.807) is 0 Å². The minimum Gasteiger partial charge on any atom is -0.207 e. The average molecular weight is 291 g/mol. The van der Waals surface area contributed by atoms with E-state index < -0.39 is 0 Å². The second-order valence-electron chi connectivity index (χ2n) is 4.11. The van der Waals surface area contributed by atoms with Gasteiger partial charge < -0.3 is 0 Å². The zero-order valence-corrected chi connectivity index (χ0v) is 11.1.